The number of fused-ring (bicyclic) bond motifs is 1. The maximum Gasteiger partial charge on any atom is 0.283 e. The van der Waals surface area contributed by atoms with Gasteiger partial charge in [-0.3, -0.25) is 15.0 Å². The van der Waals surface area contributed by atoms with Crippen molar-refractivity contribution in [3.8, 4) is 0 Å². The molecule has 24 heavy (non-hydrogen) atoms. The van der Waals surface area contributed by atoms with E-state index >= 15 is 0 Å². The van der Waals surface area contributed by atoms with E-state index in [1.165, 1.54) is 30.7 Å². The van der Waals surface area contributed by atoms with Crippen LogP contribution in [0.2, 0.25) is 0 Å². The van der Waals surface area contributed by atoms with Gasteiger partial charge in [-0.05, 0) is 39.0 Å². The van der Waals surface area contributed by atoms with Crippen molar-refractivity contribution in [2.24, 2.45) is 0 Å². The Balaban J connectivity index is 1.98. The van der Waals surface area contributed by atoms with E-state index in [1.54, 1.807) is 4.68 Å². The number of carbonyl (C=O) groups is 1. The Morgan fingerprint density at radius 2 is 2.04 bits per heavy atom. The highest BCUT2D eigenvalue weighted by Gasteiger charge is 2.20. The maximum absolute atomic E-state index is 13.2. The van der Waals surface area contributed by atoms with Crippen molar-refractivity contribution in [3.63, 3.8) is 0 Å². The van der Waals surface area contributed by atoms with Crippen molar-refractivity contribution in [1.29, 1.82) is 0 Å². The van der Waals surface area contributed by atoms with E-state index in [0.29, 0.717) is 5.65 Å². The van der Waals surface area contributed by atoms with E-state index < -0.39 is 17.3 Å². The van der Waals surface area contributed by atoms with Gasteiger partial charge in [0, 0.05) is 5.56 Å². The topological polar surface area (TPSA) is 81.8 Å². The lowest BCUT2D eigenvalue weighted by Gasteiger charge is -2.19. The fraction of sp³-hybridized carbons (Fsp3) is 0.250. The SMILES string of the molecule is CC(C)(C)n1ncc2c(=O)n(NC(=O)c3cccc(F)c3)cnc21. The second-order valence-corrected chi connectivity index (χ2v) is 6.34. The Kier molecular flexibility index (Phi) is 3.67. The molecular formula is C16H16FN5O2. The predicted molar refractivity (Wildman–Crippen MR) is 86.9 cm³/mol. The number of carbonyl (C=O) groups excluding carboxylic acids is 1. The van der Waals surface area contributed by atoms with Crippen LogP contribution in [0.1, 0.15) is 31.1 Å². The van der Waals surface area contributed by atoms with Gasteiger partial charge in [0.2, 0.25) is 0 Å². The van der Waals surface area contributed by atoms with Crippen LogP contribution in [0.15, 0.2) is 41.6 Å². The average Bonchev–Trinajstić information content (AvgIpc) is 2.95. The number of hydrogen-bond donors (Lipinski definition) is 1. The molecule has 3 aromatic rings. The van der Waals surface area contributed by atoms with Crippen LogP contribution in [0.3, 0.4) is 0 Å². The normalized spacial score (nSPS) is 11.7. The van der Waals surface area contributed by atoms with Crippen LogP contribution < -0.4 is 11.0 Å². The lowest BCUT2D eigenvalue weighted by molar-refractivity contribution is 0.101. The number of rotatable bonds is 2. The van der Waals surface area contributed by atoms with Gasteiger partial charge in [0.15, 0.2) is 5.65 Å². The van der Waals surface area contributed by atoms with Gasteiger partial charge < -0.3 is 0 Å². The molecule has 3 rings (SSSR count). The first-order valence-electron chi connectivity index (χ1n) is 7.30. The third-order valence-electron chi connectivity index (χ3n) is 3.43. The molecule has 1 N–H and O–H groups in total. The van der Waals surface area contributed by atoms with Gasteiger partial charge in [-0.25, -0.2) is 18.7 Å². The lowest BCUT2D eigenvalue weighted by atomic mass is 10.1. The number of aromatic nitrogens is 4. The highest BCUT2D eigenvalue weighted by atomic mass is 19.1. The van der Waals surface area contributed by atoms with Gasteiger partial charge in [0.1, 0.15) is 17.5 Å². The monoisotopic (exact) mass is 329 g/mol. The molecule has 0 saturated carbocycles. The molecule has 0 aliphatic heterocycles. The molecule has 0 aliphatic rings. The summed E-state index contributed by atoms with van der Waals surface area (Å²) in [6.45, 7) is 5.83. The second kappa shape index (κ2) is 5.55. The second-order valence-electron chi connectivity index (χ2n) is 6.34. The van der Waals surface area contributed by atoms with E-state index in [4.69, 9.17) is 0 Å². The summed E-state index contributed by atoms with van der Waals surface area (Å²) in [6, 6.07) is 5.19. The van der Waals surface area contributed by atoms with E-state index in [9.17, 15) is 14.0 Å². The van der Waals surface area contributed by atoms with Crippen LogP contribution in [0.25, 0.3) is 11.0 Å². The van der Waals surface area contributed by atoms with Crippen LogP contribution in [0.4, 0.5) is 4.39 Å². The zero-order valence-electron chi connectivity index (χ0n) is 13.4. The van der Waals surface area contributed by atoms with Gasteiger partial charge >= 0.3 is 0 Å². The van der Waals surface area contributed by atoms with Crippen LogP contribution >= 0.6 is 0 Å². The third-order valence-corrected chi connectivity index (χ3v) is 3.43. The van der Waals surface area contributed by atoms with E-state index in [-0.39, 0.29) is 16.5 Å². The van der Waals surface area contributed by atoms with Crippen molar-refractivity contribution < 1.29 is 9.18 Å². The molecule has 0 saturated heterocycles. The quantitative estimate of drug-likeness (QED) is 0.778. The van der Waals surface area contributed by atoms with Crippen LogP contribution in [-0.2, 0) is 5.54 Å². The Bertz CT molecular complexity index is 984. The fourth-order valence-electron chi connectivity index (χ4n) is 2.29. The molecular weight excluding hydrogens is 313 g/mol. The number of amides is 1. The van der Waals surface area contributed by atoms with Crippen molar-refractivity contribution in [2.75, 3.05) is 5.43 Å². The number of benzene rings is 1. The molecule has 0 fully saturated rings. The number of nitrogens with zero attached hydrogens (tertiary/aromatic N) is 4. The molecule has 2 heterocycles. The minimum atomic E-state index is -0.610. The molecule has 0 atom stereocenters. The summed E-state index contributed by atoms with van der Waals surface area (Å²) in [4.78, 5) is 28.8. The largest absolute Gasteiger partial charge is 0.283 e. The van der Waals surface area contributed by atoms with E-state index in [2.05, 4.69) is 15.5 Å². The molecule has 1 amide bonds. The van der Waals surface area contributed by atoms with Crippen LogP contribution in [-0.4, -0.2) is 25.3 Å². The van der Waals surface area contributed by atoms with E-state index in [1.807, 2.05) is 20.8 Å². The molecule has 1 aromatic carbocycles. The fourth-order valence-corrected chi connectivity index (χ4v) is 2.29. The Morgan fingerprint density at radius 1 is 1.29 bits per heavy atom. The standard InChI is InChI=1S/C16H16FN5O2/c1-16(2,3)22-13-12(8-19-22)15(24)21(9-18-13)20-14(23)10-5-4-6-11(17)7-10/h4-9H,1-3H3,(H,20,23). The van der Waals surface area contributed by atoms with Crippen LogP contribution in [0, 0.1) is 5.82 Å². The van der Waals surface area contributed by atoms with Gasteiger partial charge in [0.25, 0.3) is 11.5 Å². The molecule has 7 nitrogen and oxygen atoms in total. The molecule has 8 heteroatoms. The number of halogens is 1. The summed E-state index contributed by atoms with van der Waals surface area (Å²) in [6.07, 6.45) is 2.63. The zero-order valence-corrected chi connectivity index (χ0v) is 13.4. The molecule has 124 valence electrons. The molecule has 2 aromatic heterocycles. The molecule has 0 aliphatic carbocycles. The smallest absolute Gasteiger partial charge is 0.267 e. The minimum Gasteiger partial charge on any atom is -0.267 e. The minimum absolute atomic E-state index is 0.104. The third kappa shape index (κ3) is 2.78. The van der Waals surface area contributed by atoms with Gasteiger partial charge in [0.05, 0.1) is 11.7 Å². The molecule has 0 bridgehead atoms. The predicted octanol–water partition coefficient (Wildman–Crippen LogP) is 1.87. The van der Waals surface area contributed by atoms with Crippen molar-refractivity contribution in [1.82, 2.24) is 19.4 Å². The summed E-state index contributed by atoms with van der Waals surface area (Å²) < 4.78 is 15.8. The van der Waals surface area contributed by atoms with Crippen molar-refractivity contribution in [3.05, 3.63) is 58.5 Å². The lowest BCUT2D eigenvalue weighted by Crippen LogP contribution is -2.33. The van der Waals surface area contributed by atoms with Gasteiger partial charge in [-0.2, -0.15) is 5.10 Å². The first kappa shape index (κ1) is 15.9. The van der Waals surface area contributed by atoms with Crippen molar-refractivity contribution >= 4 is 16.9 Å². The molecule has 0 radical (unpaired) electrons. The summed E-state index contributed by atoms with van der Waals surface area (Å²) in [7, 11) is 0. The van der Waals surface area contributed by atoms with Gasteiger partial charge in [-0.15, -0.1) is 0 Å². The van der Waals surface area contributed by atoms with E-state index in [0.717, 1.165) is 10.7 Å². The highest BCUT2D eigenvalue weighted by molar-refractivity contribution is 6.00. The Hall–Kier alpha value is -3.03. The molecule has 0 spiro atoms. The Morgan fingerprint density at radius 3 is 2.71 bits per heavy atom. The summed E-state index contributed by atoms with van der Waals surface area (Å²) >= 11 is 0. The Labute approximate surface area is 136 Å². The van der Waals surface area contributed by atoms with Crippen molar-refractivity contribution in [2.45, 2.75) is 26.3 Å². The summed E-state index contributed by atoms with van der Waals surface area (Å²) in [5, 5.41) is 4.48. The summed E-state index contributed by atoms with van der Waals surface area (Å²) in [5.41, 5.74) is 2.14. The van der Waals surface area contributed by atoms with Crippen LogP contribution in [0.5, 0.6) is 0 Å². The highest BCUT2D eigenvalue weighted by Crippen LogP contribution is 2.17. The first-order valence-corrected chi connectivity index (χ1v) is 7.30. The molecule has 0 unspecified atom stereocenters. The number of nitrogens with one attached hydrogen (secondary N) is 1. The first-order chi connectivity index (χ1) is 11.3. The van der Waals surface area contributed by atoms with Gasteiger partial charge in [-0.1, -0.05) is 6.07 Å². The number of hydrogen-bond acceptors (Lipinski definition) is 4. The average molecular weight is 329 g/mol. The zero-order chi connectivity index (χ0) is 17.5. The summed E-state index contributed by atoms with van der Waals surface area (Å²) in [5.74, 6) is -1.14. The maximum atomic E-state index is 13.2.